The van der Waals surface area contributed by atoms with Crippen molar-refractivity contribution in [3.05, 3.63) is 106 Å². The molecule has 0 aliphatic rings. The van der Waals surface area contributed by atoms with Gasteiger partial charge >= 0.3 is 0 Å². The molecule has 0 N–H and O–H groups in total. The number of carbonyl (C=O) groups excluding carboxylic acids is 2. The first-order chi connectivity index (χ1) is 15.6. The van der Waals surface area contributed by atoms with Crippen LogP contribution in [0.5, 0.6) is 5.75 Å². The lowest BCUT2D eigenvalue weighted by molar-refractivity contribution is -0.385. The van der Waals surface area contributed by atoms with Crippen molar-refractivity contribution in [2.75, 3.05) is 6.61 Å². The highest BCUT2D eigenvalue weighted by molar-refractivity contribution is 5.82. The van der Waals surface area contributed by atoms with E-state index in [4.69, 9.17) is 4.74 Å². The number of hydrogen-bond donors (Lipinski definition) is 0. The molecule has 3 aromatic rings. The minimum atomic E-state index is -0.611. The Morgan fingerprint density at radius 2 is 1.53 bits per heavy atom. The number of ether oxygens (including phenoxy) is 1. The molecule has 0 unspecified atom stereocenters. The van der Waals surface area contributed by atoms with E-state index >= 15 is 0 Å². The van der Waals surface area contributed by atoms with Gasteiger partial charge < -0.3 is 9.64 Å². The van der Waals surface area contributed by atoms with Crippen LogP contribution < -0.4 is 4.74 Å². The molecule has 3 rings (SSSR count). The molecule has 0 fully saturated rings. The summed E-state index contributed by atoms with van der Waals surface area (Å²) in [7, 11) is 0. The maximum atomic E-state index is 12.9. The zero-order valence-electron chi connectivity index (χ0n) is 17.6. The summed E-state index contributed by atoms with van der Waals surface area (Å²) < 4.78 is 5.60. The summed E-state index contributed by atoms with van der Waals surface area (Å²) in [5.74, 6) is 0.370. The van der Waals surface area contributed by atoms with Crippen molar-refractivity contribution in [2.45, 2.75) is 25.9 Å². The highest BCUT2D eigenvalue weighted by Gasteiger charge is 2.16. The second-order valence-corrected chi connectivity index (χ2v) is 7.27. The van der Waals surface area contributed by atoms with Gasteiger partial charge in [-0.2, -0.15) is 0 Å². The summed E-state index contributed by atoms with van der Waals surface area (Å²) in [5, 5.41) is 10.9. The number of nitrogens with zero attached hydrogens (tertiary/aromatic N) is 2. The van der Waals surface area contributed by atoms with Crippen LogP contribution in [0.1, 0.15) is 34.3 Å². The average molecular weight is 432 g/mol. The van der Waals surface area contributed by atoms with E-state index in [1.807, 2.05) is 65.6 Å². The van der Waals surface area contributed by atoms with E-state index in [9.17, 15) is 19.7 Å². The average Bonchev–Trinajstić information content (AvgIpc) is 2.82. The first kappa shape index (κ1) is 22.7. The monoisotopic (exact) mass is 432 g/mol. The number of benzene rings is 3. The van der Waals surface area contributed by atoms with Crippen LogP contribution in [0.3, 0.4) is 0 Å². The largest absolute Gasteiger partial charge is 0.494 e. The molecule has 0 bridgehead atoms. The molecule has 164 valence electrons. The lowest BCUT2D eigenvalue weighted by Gasteiger charge is -2.23. The number of nitro groups is 1. The third-order valence-corrected chi connectivity index (χ3v) is 4.91. The van der Waals surface area contributed by atoms with E-state index in [2.05, 4.69) is 0 Å². The molecule has 0 aliphatic carbocycles. The van der Waals surface area contributed by atoms with Gasteiger partial charge in [-0.1, -0.05) is 60.7 Å². The van der Waals surface area contributed by atoms with Crippen LogP contribution in [0, 0.1) is 10.1 Å². The Morgan fingerprint density at radius 3 is 2.06 bits per heavy atom. The summed E-state index contributed by atoms with van der Waals surface area (Å²) in [6, 6.07) is 23.7. The summed E-state index contributed by atoms with van der Waals surface area (Å²) in [5.41, 5.74) is 1.81. The Balaban J connectivity index is 1.57. The molecule has 7 heteroatoms. The number of rotatable bonds is 11. The van der Waals surface area contributed by atoms with Crippen molar-refractivity contribution in [3.63, 3.8) is 0 Å². The molecule has 0 spiro atoms. The maximum absolute atomic E-state index is 12.9. The van der Waals surface area contributed by atoms with Gasteiger partial charge in [0.25, 0.3) is 5.69 Å². The Hall–Kier alpha value is -4.00. The van der Waals surface area contributed by atoms with E-state index < -0.39 is 4.92 Å². The normalized spacial score (nSPS) is 10.4. The van der Waals surface area contributed by atoms with Crippen LogP contribution >= 0.6 is 0 Å². The number of carbonyl (C=O) groups is 2. The predicted molar refractivity (Wildman–Crippen MR) is 120 cm³/mol. The minimum Gasteiger partial charge on any atom is -0.494 e. The van der Waals surface area contributed by atoms with Crippen LogP contribution in [0.4, 0.5) is 5.69 Å². The van der Waals surface area contributed by atoms with Crippen molar-refractivity contribution < 1.29 is 19.2 Å². The molecule has 0 saturated heterocycles. The van der Waals surface area contributed by atoms with Gasteiger partial charge in [-0.15, -0.1) is 0 Å². The summed E-state index contributed by atoms with van der Waals surface area (Å²) in [6.45, 7) is 1.29. The molecule has 0 aliphatic heterocycles. The highest BCUT2D eigenvalue weighted by Crippen LogP contribution is 2.23. The lowest BCUT2D eigenvalue weighted by atomic mass is 10.1. The molecular weight excluding hydrogens is 408 g/mol. The van der Waals surface area contributed by atoms with Gasteiger partial charge in [-0.3, -0.25) is 19.7 Å². The first-order valence-corrected chi connectivity index (χ1v) is 10.3. The van der Waals surface area contributed by atoms with Crippen LogP contribution in [0.25, 0.3) is 0 Å². The molecule has 0 aromatic heterocycles. The molecular formula is C25H24N2O5. The quantitative estimate of drug-likeness (QED) is 0.188. The predicted octanol–water partition coefficient (Wildman–Crippen LogP) is 4.80. The fraction of sp³-hybridized carbons (Fsp3) is 0.200. The molecule has 0 radical (unpaired) electrons. The van der Waals surface area contributed by atoms with Gasteiger partial charge in [0.05, 0.1) is 17.1 Å². The summed E-state index contributed by atoms with van der Waals surface area (Å²) in [4.78, 5) is 36.1. The highest BCUT2D eigenvalue weighted by atomic mass is 16.6. The zero-order valence-corrected chi connectivity index (χ0v) is 17.6. The standard InChI is InChI=1S/C25H24N2O5/c28-19-22-16-23(13-14-24(22)27(30)31)32-15-7-12-25(29)26(17-20-8-3-1-4-9-20)18-21-10-5-2-6-11-21/h1-6,8-11,13-14,16,19H,7,12,15,17-18H2. The molecule has 3 aromatic carbocycles. The van der Waals surface area contributed by atoms with E-state index in [-0.39, 0.29) is 23.8 Å². The fourth-order valence-electron chi connectivity index (χ4n) is 3.29. The van der Waals surface area contributed by atoms with Gasteiger partial charge in [-0.05, 0) is 29.7 Å². The first-order valence-electron chi connectivity index (χ1n) is 10.3. The van der Waals surface area contributed by atoms with Crippen LogP contribution in [0.15, 0.2) is 78.9 Å². The smallest absolute Gasteiger partial charge is 0.280 e. The van der Waals surface area contributed by atoms with Crippen LogP contribution in [-0.4, -0.2) is 28.6 Å². The van der Waals surface area contributed by atoms with Gasteiger partial charge in [0.1, 0.15) is 5.75 Å². The number of aldehydes is 1. The van der Waals surface area contributed by atoms with Crippen molar-refractivity contribution in [3.8, 4) is 5.75 Å². The van der Waals surface area contributed by atoms with E-state index in [1.165, 1.54) is 18.2 Å². The third-order valence-electron chi connectivity index (χ3n) is 4.91. The van der Waals surface area contributed by atoms with E-state index in [0.29, 0.717) is 38.0 Å². The van der Waals surface area contributed by atoms with Crippen molar-refractivity contribution >= 4 is 17.9 Å². The third kappa shape index (κ3) is 6.50. The van der Waals surface area contributed by atoms with Crippen LogP contribution in [0.2, 0.25) is 0 Å². The van der Waals surface area contributed by atoms with Gasteiger partial charge in [0, 0.05) is 25.6 Å². The molecule has 1 amide bonds. The molecule has 0 saturated carbocycles. The maximum Gasteiger partial charge on any atom is 0.280 e. The zero-order chi connectivity index (χ0) is 22.8. The molecule has 7 nitrogen and oxygen atoms in total. The molecule has 0 heterocycles. The minimum absolute atomic E-state index is 0.0126. The van der Waals surface area contributed by atoms with E-state index in [0.717, 1.165) is 11.1 Å². The van der Waals surface area contributed by atoms with Crippen molar-refractivity contribution in [2.24, 2.45) is 0 Å². The summed E-state index contributed by atoms with van der Waals surface area (Å²) >= 11 is 0. The Labute approximate surface area is 186 Å². The Kier molecular flexibility index (Phi) is 8.09. The SMILES string of the molecule is O=Cc1cc(OCCCC(=O)N(Cc2ccccc2)Cc2ccccc2)ccc1[N+](=O)[O-]. The lowest BCUT2D eigenvalue weighted by Crippen LogP contribution is -2.30. The fourth-order valence-corrected chi connectivity index (χ4v) is 3.29. The van der Waals surface area contributed by atoms with Gasteiger partial charge in [0.15, 0.2) is 6.29 Å². The van der Waals surface area contributed by atoms with Crippen molar-refractivity contribution in [1.29, 1.82) is 0 Å². The van der Waals surface area contributed by atoms with Gasteiger partial charge in [0.2, 0.25) is 5.91 Å². The molecule has 32 heavy (non-hydrogen) atoms. The number of hydrogen-bond acceptors (Lipinski definition) is 5. The van der Waals surface area contributed by atoms with E-state index in [1.54, 1.807) is 0 Å². The second kappa shape index (κ2) is 11.4. The van der Waals surface area contributed by atoms with Crippen molar-refractivity contribution in [1.82, 2.24) is 4.90 Å². The topological polar surface area (TPSA) is 89.8 Å². The van der Waals surface area contributed by atoms with Gasteiger partial charge in [-0.25, -0.2) is 0 Å². The Bertz CT molecular complexity index is 1010. The summed E-state index contributed by atoms with van der Waals surface area (Å²) in [6.07, 6.45) is 1.21. The number of nitro benzene ring substituents is 1. The van der Waals surface area contributed by atoms with Crippen LogP contribution in [-0.2, 0) is 17.9 Å². The Morgan fingerprint density at radius 1 is 0.938 bits per heavy atom. The number of amides is 1. The molecule has 0 atom stereocenters. The second-order valence-electron chi connectivity index (χ2n) is 7.27.